The second-order valence-electron chi connectivity index (χ2n) is 16.0. The average molecular weight is 765 g/mol. The van der Waals surface area contributed by atoms with Gasteiger partial charge < -0.3 is 16.4 Å². The number of amides is 3. The molecule has 0 aliphatic carbocycles. The zero-order valence-electron chi connectivity index (χ0n) is 36.0. The Labute approximate surface area is 335 Å². The Hall–Kier alpha value is -1.71. The van der Waals surface area contributed by atoms with Gasteiger partial charge in [-0.05, 0) is 51.7 Å². The molecule has 9 nitrogen and oxygen atoms in total. The van der Waals surface area contributed by atoms with Crippen LogP contribution in [-0.4, -0.2) is 55.6 Å². The van der Waals surface area contributed by atoms with E-state index < -0.39 is 0 Å². The molecule has 0 unspecified atom stereocenters. The summed E-state index contributed by atoms with van der Waals surface area (Å²) in [7, 11) is 0. The largest absolute Gasteiger partial charge is 0.355 e. The van der Waals surface area contributed by atoms with Crippen molar-refractivity contribution in [2.45, 2.75) is 239 Å². The smallest absolute Gasteiger partial charge is 0.238 e. The first-order chi connectivity index (χ1) is 26.5. The molecule has 0 aromatic heterocycles. The van der Waals surface area contributed by atoms with Crippen molar-refractivity contribution in [3.8, 4) is 0 Å². The van der Waals surface area contributed by atoms with Gasteiger partial charge in [-0.1, -0.05) is 194 Å². The highest BCUT2D eigenvalue weighted by molar-refractivity contribution is 5.81. The number of nitrogens with one attached hydrogen (secondary N) is 4. The Morgan fingerprint density at radius 1 is 0.389 bits per heavy atom. The van der Waals surface area contributed by atoms with Crippen LogP contribution in [0.25, 0.3) is 0 Å². The number of nitrogens with zero attached hydrogens (tertiary/aromatic N) is 1. The maximum absolute atomic E-state index is 12.8. The van der Waals surface area contributed by atoms with Gasteiger partial charge in [0.15, 0.2) is 0 Å². The molecule has 0 aliphatic heterocycles. The van der Waals surface area contributed by atoms with Crippen LogP contribution in [0.4, 0.5) is 0 Å². The van der Waals surface area contributed by atoms with Crippen LogP contribution in [0.5, 0.6) is 0 Å². The third kappa shape index (κ3) is 41.5. The second-order valence-corrected chi connectivity index (χ2v) is 16.0. The van der Waals surface area contributed by atoms with Crippen molar-refractivity contribution < 1.29 is 14.4 Å². The van der Waals surface area contributed by atoms with Crippen LogP contribution >= 0.6 is 0 Å². The first-order valence-corrected chi connectivity index (χ1v) is 23.6. The van der Waals surface area contributed by atoms with E-state index in [0.717, 1.165) is 70.9 Å². The second kappa shape index (κ2) is 44.0. The summed E-state index contributed by atoms with van der Waals surface area (Å²) in [6.45, 7) is 7.43. The van der Waals surface area contributed by atoms with Gasteiger partial charge in [0.1, 0.15) is 6.54 Å². The van der Waals surface area contributed by atoms with Crippen LogP contribution in [0.1, 0.15) is 239 Å². The number of hydrogen-bond donors (Lipinski definition) is 5. The lowest BCUT2D eigenvalue weighted by Crippen LogP contribution is -2.56. The van der Waals surface area contributed by atoms with E-state index in [4.69, 9.17) is 5.73 Å². The number of unbranched alkanes of at least 4 members (excludes halogenated alkanes) is 29. The third-order valence-corrected chi connectivity index (χ3v) is 10.5. The number of carbonyl (C=O) groups is 3. The number of hydrogen-bond acceptors (Lipinski definition) is 6. The van der Waals surface area contributed by atoms with Crippen LogP contribution in [-0.2, 0) is 14.4 Å². The van der Waals surface area contributed by atoms with Gasteiger partial charge in [0.05, 0.1) is 0 Å². The van der Waals surface area contributed by atoms with Gasteiger partial charge in [-0.15, -0.1) is 5.12 Å². The maximum atomic E-state index is 12.8. The maximum Gasteiger partial charge on any atom is 0.238 e. The lowest BCUT2D eigenvalue weighted by atomic mass is 10.0. The molecule has 6 N–H and O–H groups in total. The molecule has 3 amide bonds. The van der Waals surface area contributed by atoms with Gasteiger partial charge in [0, 0.05) is 19.4 Å². The lowest BCUT2D eigenvalue weighted by Gasteiger charge is -2.23. The molecule has 0 aliphatic rings. The quantitative estimate of drug-likeness (QED) is 0.0310. The molecule has 0 bridgehead atoms. The fraction of sp³-hybridized carbons (Fsp3) is 0.933. The number of carbonyl (C=O) groups excluding carboxylic acids is 3. The zero-order valence-corrected chi connectivity index (χ0v) is 36.0. The minimum atomic E-state index is -0.224. The van der Waals surface area contributed by atoms with E-state index in [9.17, 15) is 14.4 Å². The summed E-state index contributed by atoms with van der Waals surface area (Å²) in [6.07, 6.45) is 42.1. The van der Waals surface area contributed by atoms with E-state index in [1.54, 1.807) is 0 Å². The van der Waals surface area contributed by atoms with Crippen molar-refractivity contribution >= 4 is 17.7 Å². The fourth-order valence-corrected chi connectivity index (χ4v) is 6.99. The molecular weight excluding hydrogens is 673 g/mol. The van der Waals surface area contributed by atoms with Crippen molar-refractivity contribution in [3.05, 3.63) is 0 Å². The highest BCUT2D eigenvalue weighted by atomic mass is 16.2. The van der Waals surface area contributed by atoms with E-state index in [1.165, 1.54) is 159 Å². The first kappa shape index (κ1) is 52.3. The Bertz CT molecular complexity index is 766. The topological polar surface area (TPSA) is 129 Å². The van der Waals surface area contributed by atoms with Gasteiger partial charge in [0.25, 0.3) is 0 Å². The molecule has 0 heterocycles. The van der Waals surface area contributed by atoms with Crippen molar-refractivity contribution in [3.63, 3.8) is 0 Å². The van der Waals surface area contributed by atoms with Crippen molar-refractivity contribution in [2.75, 3.05) is 32.7 Å². The van der Waals surface area contributed by atoms with Gasteiger partial charge >= 0.3 is 0 Å². The van der Waals surface area contributed by atoms with Gasteiger partial charge in [0.2, 0.25) is 17.7 Å². The highest BCUT2D eigenvalue weighted by Crippen LogP contribution is 2.15. The third-order valence-electron chi connectivity index (χ3n) is 10.5. The predicted molar refractivity (Wildman–Crippen MR) is 231 cm³/mol. The summed E-state index contributed by atoms with van der Waals surface area (Å²) in [5.74, 6) is -0.546. The van der Waals surface area contributed by atoms with E-state index in [-0.39, 0.29) is 24.3 Å². The minimum absolute atomic E-state index is 0.112. The van der Waals surface area contributed by atoms with Crippen molar-refractivity contribution in [1.29, 1.82) is 0 Å². The predicted octanol–water partition coefficient (Wildman–Crippen LogP) is 10.7. The van der Waals surface area contributed by atoms with E-state index in [0.29, 0.717) is 25.9 Å². The molecule has 0 radical (unpaired) electrons. The van der Waals surface area contributed by atoms with E-state index >= 15 is 0 Å². The van der Waals surface area contributed by atoms with Crippen LogP contribution in [0.3, 0.4) is 0 Å². The number of rotatable bonds is 44. The molecule has 0 aromatic rings. The number of nitrogens with two attached hydrogens (primary N) is 1. The molecular formula is C45H92N6O3. The Morgan fingerprint density at radius 2 is 0.722 bits per heavy atom. The molecule has 9 heteroatoms. The SMILES string of the molecule is CCCCCCCCCCCCCCCCCC(=O)NN(CC(=O)NCCCNCCCCN)NC(=O)CCCCCCCCCCCCCCCCC. The van der Waals surface area contributed by atoms with Crippen LogP contribution in [0.15, 0.2) is 0 Å². The summed E-state index contributed by atoms with van der Waals surface area (Å²) < 4.78 is 0. The van der Waals surface area contributed by atoms with Crippen LogP contribution in [0.2, 0.25) is 0 Å². The minimum Gasteiger partial charge on any atom is -0.355 e. The Balaban J connectivity index is 4.25. The van der Waals surface area contributed by atoms with Crippen LogP contribution < -0.4 is 27.2 Å². The van der Waals surface area contributed by atoms with Crippen molar-refractivity contribution in [1.82, 2.24) is 26.6 Å². The molecule has 0 rings (SSSR count). The Kier molecular flexibility index (Phi) is 42.6. The average Bonchev–Trinajstić information content (AvgIpc) is 3.15. The molecule has 320 valence electrons. The molecule has 0 aromatic carbocycles. The molecule has 0 atom stereocenters. The summed E-state index contributed by atoms with van der Waals surface area (Å²) in [5.41, 5.74) is 11.1. The molecule has 0 spiro atoms. The summed E-state index contributed by atoms with van der Waals surface area (Å²) >= 11 is 0. The normalized spacial score (nSPS) is 11.3. The molecule has 0 saturated heterocycles. The molecule has 0 fully saturated rings. The fourth-order valence-electron chi connectivity index (χ4n) is 6.99. The van der Waals surface area contributed by atoms with Crippen molar-refractivity contribution in [2.24, 2.45) is 5.73 Å². The summed E-state index contributed by atoms with van der Waals surface area (Å²) in [4.78, 5) is 38.3. The first-order valence-electron chi connectivity index (χ1n) is 23.6. The standard InChI is InChI=1S/C45H92N6O3/c1-3-5-7-9-11-13-15-17-19-21-23-25-27-29-31-36-43(52)49-51(42-45(54)48-41-35-40-47-39-34-33-38-46)50-44(53)37-32-30-28-26-24-22-20-18-16-14-12-10-8-6-4-2/h47H,3-42,46H2,1-2H3,(H,48,54)(H,49,52)(H,50,53). The van der Waals surface area contributed by atoms with E-state index in [1.807, 2.05) is 0 Å². The molecule has 0 saturated carbocycles. The van der Waals surface area contributed by atoms with Gasteiger partial charge in [-0.3, -0.25) is 25.2 Å². The monoisotopic (exact) mass is 765 g/mol. The zero-order chi connectivity index (χ0) is 39.4. The Morgan fingerprint density at radius 3 is 1.07 bits per heavy atom. The van der Waals surface area contributed by atoms with Crippen LogP contribution in [0, 0.1) is 0 Å². The number of hydrazine groups is 2. The van der Waals surface area contributed by atoms with Gasteiger partial charge in [-0.25, -0.2) is 0 Å². The highest BCUT2D eigenvalue weighted by Gasteiger charge is 2.16. The van der Waals surface area contributed by atoms with Gasteiger partial charge in [-0.2, -0.15) is 0 Å². The summed E-state index contributed by atoms with van der Waals surface area (Å²) in [6, 6.07) is 0. The molecule has 54 heavy (non-hydrogen) atoms. The lowest BCUT2D eigenvalue weighted by molar-refractivity contribution is -0.136. The van der Waals surface area contributed by atoms with E-state index in [2.05, 4.69) is 35.3 Å². The summed E-state index contributed by atoms with van der Waals surface area (Å²) in [5, 5.41) is 7.57.